The molecule has 90 valence electrons. The first-order valence-electron chi connectivity index (χ1n) is 5.36. The molecular weight excluding hydrogens is 236 g/mol. The van der Waals surface area contributed by atoms with E-state index in [1.165, 1.54) is 6.08 Å². The zero-order valence-corrected chi connectivity index (χ0v) is 10.0. The molecule has 1 aromatic carbocycles. The standard InChI is InChI=1S/C15H10N4/c16-9-13(15(19)14(10-17)11-18)8-4-7-12-5-2-1-3-6-12/h1-8H,19H2/b7-4+,13-8+. The molecular formula is C15H10N4. The van der Waals surface area contributed by atoms with Crippen molar-refractivity contribution in [3.8, 4) is 18.2 Å². The number of hydrogen-bond acceptors (Lipinski definition) is 4. The van der Waals surface area contributed by atoms with Gasteiger partial charge in [0.15, 0.2) is 5.57 Å². The van der Waals surface area contributed by atoms with E-state index in [2.05, 4.69) is 0 Å². The summed E-state index contributed by atoms with van der Waals surface area (Å²) < 4.78 is 0. The largest absolute Gasteiger partial charge is 0.396 e. The maximum Gasteiger partial charge on any atom is 0.153 e. The van der Waals surface area contributed by atoms with E-state index in [1.807, 2.05) is 36.4 Å². The summed E-state index contributed by atoms with van der Waals surface area (Å²) in [5, 5.41) is 26.3. The Labute approximate surface area is 111 Å². The maximum absolute atomic E-state index is 8.95. The first kappa shape index (κ1) is 13.8. The van der Waals surface area contributed by atoms with Crippen LogP contribution in [0.25, 0.3) is 6.08 Å². The zero-order chi connectivity index (χ0) is 14.1. The summed E-state index contributed by atoms with van der Waals surface area (Å²) in [4.78, 5) is 0. The zero-order valence-electron chi connectivity index (χ0n) is 10.0. The van der Waals surface area contributed by atoms with Gasteiger partial charge in [-0.25, -0.2) is 0 Å². The van der Waals surface area contributed by atoms with Crippen molar-refractivity contribution in [3.05, 3.63) is 64.9 Å². The highest BCUT2D eigenvalue weighted by atomic mass is 14.6. The number of nitrogens with two attached hydrogens (primary N) is 1. The van der Waals surface area contributed by atoms with Crippen molar-refractivity contribution >= 4 is 6.08 Å². The summed E-state index contributed by atoms with van der Waals surface area (Å²) in [5.41, 5.74) is 6.27. The molecule has 0 aliphatic rings. The van der Waals surface area contributed by atoms with E-state index >= 15 is 0 Å². The number of benzene rings is 1. The predicted molar refractivity (Wildman–Crippen MR) is 71.6 cm³/mol. The third-order valence-electron chi connectivity index (χ3n) is 2.25. The molecule has 4 nitrogen and oxygen atoms in total. The average Bonchev–Trinajstić information content (AvgIpc) is 2.46. The second-order valence-electron chi connectivity index (χ2n) is 3.47. The van der Waals surface area contributed by atoms with Crippen LogP contribution in [0.1, 0.15) is 5.56 Å². The van der Waals surface area contributed by atoms with Crippen molar-refractivity contribution in [2.75, 3.05) is 0 Å². The predicted octanol–water partition coefficient (Wildman–Crippen LogP) is 2.41. The minimum atomic E-state index is -0.263. The third kappa shape index (κ3) is 3.89. The van der Waals surface area contributed by atoms with Crippen LogP contribution < -0.4 is 5.73 Å². The first-order valence-corrected chi connectivity index (χ1v) is 5.36. The molecule has 0 unspecified atom stereocenters. The minimum absolute atomic E-state index is 0.0882. The minimum Gasteiger partial charge on any atom is -0.396 e. The molecule has 0 spiro atoms. The van der Waals surface area contributed by atoms with E-state index in [0.717, 1.165) is 5.56 Å². The first-order chi connectivity index (χ1) is 9.22. The molecule has 0 aromatic heterocycles. The molecule has 0 aliphatic heterocycles. The molecule has 2 N–H and O–H groups in total. The molecule has 0 amide bonds. The summed E-state index contributed by atoms with van der Waals surface area (Å²) in [6.07, 6.45) is 4.91. The van der Waals surface area contributed by atoms with Crippen molar-refractivity contribution in [1.29, 1.82) is 15.8 Å². The molecule has 0 bridgehead atoms. The smallest absolute Gasteiger partial charge is 0.153 e. The van der Waals surface area contributed by atoms with Gasteiger partial charge in [0.1, 0.15) is 18.2 Å². The molecule has 0 atom stereocenters. The van der Waals surface area contributed by atoms with Crippen LogP contribution in [0.4, 0.5) is 0 Å². The lowest BCUT2D eigenvalue weighted by molar-refractivity contribution is 1.30. The fourth-order valence-corrected chi connectivity index (χ4v) is 1.29. The Balaban J connectivity index is 3.02. The maximum atomic E-state index is 8.95. The van der Waals surface area contributed by atoms with E-state index in [-0.39, 0.29) is 16.8 Å². The molecule has 0 saturated heterocycles. The normalized spacial score (nSPS) is 10.3. The number of nitrogens with zero attached hydrogens (tertiary/aromatic N) is 3. The van der Waals surface area contributed by atoms with Crippen molar-refractivity contribution < 1.29 is 0 Å². The van der Waals surface area contributed by atoms with Crippen LogP contribution in [0.3, 0.4) is 0 Å². The second kappa shape index (κ2) is 7.12. The van der Waals surface area contributed by atoms with E-state index in [9.17, 15) is 0 Å². The van der Waals surface area contributed by atoms with E-state index in [1.54, 1.807) is 24.3 Å². The SMILES string of the molecule is N#CC(C#N)=C(N)/C(C#N)=C/C=C/c1ccccc1. The topological polar surface area (TPSA) is 97.4 Å². The molecule has 0 saturated carbocycles. The van der Waals surface area contributed by atoms with Gasteiger partial charge in [0.05, 0.1) is 11.3 Å². The summed E-state index contributed by atoms with van der Waals surface area (Å²) >= 11 is 0. The van der Waals surface area contributed by atoms with Gasteiger partial charge < -0.3 is 5.73 Å². The molecule has 1 rings (SSSR count). The van der Waals surface area contributed by atoms with Crippen LogP contribution in [-0.2, 0) is 0 Å². The highest BCUT2D eigenvalue weighted by Gasteiger charge is 2.06. The Morgan fingerprint density at radius 3 is 2.16 bits per heavy atom. The van der Waals surface area contributed by atoms with Crippen molar-refractivity contribution in [1.82, 2.24) is 0 Å². The Bertz CT molecular complexity index is 643. The van der Waals surface area contributed by atoms with Gasteiger partial charge in [0, 0.05) is 0 Å². The number of hydrogen-bond donors (Lipinski definition) is 1. The van der Waals surface area contributed by atoms with Crippen LogP contribution >= 0.6 is 0 Å². The molecule has 1 aromatic rings. The van der Waals surface area contributed by atoms with Crippen molar-refractivity contribution in [3.63, 3.8) is 0 Å². The van der Waals surface area contributed by atoms with Crippen LogP contribution in [0, 0.1) is 34.0 Å². The van der Waals surface area contributed by atoms with Crippen LogP contribution in [0.5, 0.6) is 0 Å². The Morgan fingerprint density at radius 1 is 1.00 bits per heavy atom. The summed E-state index contributed by atoms with van der Waals surface area (Å²) in [5.74, 6) is 0. The van der Waals surface area contributed by atoms with E-state index < -0.39 is 0 Å². The van der Waals surface area contributed by atoms with E-state index in [0.29, 0.717) is 0 Å². The number of rotatable bonds is 3. The second-order valence-corrected chi connectivity index (χ2v) is 3.47. The average molecular weight is 246 g/mol. The van der Waals surface area contributed by atoms with Crippen LogP contribution in [0.15, 0.2) is 59.3 Å². The summed E-state index contributed by atoms with van der Waals surface area (Å²) in [7, 11) is 0. The summed E-state index contributed by atoms with van der Waals surface area (Å²) in [6.45, 7) is 0. The van der Waals surface area contributed by atoms with Gasteiger partial charge in [-0.3, -0.25) is 0 Å². The van der Waals surface area contributed by atoms with Gasteiger partial charge >= 0.3 is 0 Å². The Hall–Kier alpha value is -3.29. The van der Waals surface area contributed by atoms with Gasteiger partial charge in [0.2, 0.25) is 0 Å². The lowest BCUT2D eigenvalue weighted by Gasteiger charge is -1.96. The number of allylic oxidation sites excluding steroid dienone is 4. The van der Waals surface area contributed by atoms with Crippen molar-refractivity contribution in [2.45, 2.75) is 0 Å². The lowest BCUT2D eigenvalue weighted by atomic mass is 10.1. The fraction of sp³-hybridized carbons (Fsp3) is 0. The third-order valence-corrected chi connectivity index (χ3v) is 2.25. The lowest BCUT2D eigenvalue weighted by Crippen LogP contribution is -2.03. The molecule has 0 heterocycles. The monoisotopic (exact) mass is 246 g/mol. The fourth-order valence-electron chi connectivity index (χ4n) is 1.29. The quantitative estimate of drug-likeness (QED) is 0.654. The van der Waals surface area contributed by atoms with E-state index in [4.69, 9.17) is 21.5 Å². The molecule has 0 radical (unpaired) electrons. The highest BCUT2D eigenvalue weighted by Crippen LogP contribution is 2.09. The molecule has 4 heteroatoms. The van der Waals surface area contributed by atoms with Gasteiger partial charge in [-0.15, -0.1) is 0 Å². The Morgan fingerprint density at radius 2 is 1.63 bits per heavy atom. The van der Waals surface area contributed by atoms with Gasteiger partial charge in [-0.1, -0.05) is 42.5 Å². The molecule has 0 aliphatic carbocycles. The van der Waals surface area contributed by atoms with Gasteiger partial charge in [0.25, 0.3) is 0 Å². The van der Waals surface area contributed by atoms with Gasteiger partial charge in [-0.05, 0) is 11.6 Å². The van der Waals surface area contributed by atoms with Gasteiger partial charge in [-0.2, -0.15) is 15.8 Å². The van der Waals surface area contributed by atoms with Crippen LogP contribution in [0.2, 0.25) is 0 Å². The molecule has 19 heavy (non-hydrogen) atoms. The number of nitriles is 3. The molecule has 0 fully saturated rings. The Kier molecular flexibility index (Phi) is 5.16. The van der Waals surface area contributed by atoms with Crippen molar-refractivity contribution in [2.24, 2.45) is 5.73 Å². The summed E-state index contributed by atoms with van der Waals surface area (Å²) in [6, 6.07) is 14.7. The highest BCUT2D eigenvalue weighted by molar-refractivity contribution is 5.56. The van der Waals surface area contributed by atoms with Crippen LogP contribution in [-0.4, -0.2) is 0 Å².